The molecule has 5 N–H and O–H groups in total. The molecule has 3 aromatic rings. The number of aromatic nitrogens is 1. The molecule has 0 aliphatic rings. The van der Waals surface area contributed by atoms with E-state index in [0.29, 0.717) is 6.42 Å². The zero-order chi connectivity index (χ0) is 23.8. The van der Waals surface area contributed by atoms with Crippen molar-refractivity contribution in [2.45, 2.75) is 45.4 Å². The summed E-state index contributed by atoms with van der Waals surface area (Å²) in [5.74, 6) is -1.32. The zero-order valence-corrected chi connectivity index (χ0v) is 18.8. The SMILES string of the molecule is CC[C@@H](C)[C@H](NC(=O)OCc1ccccc1)C(=O)N[C@@H](Cc1c[nH]c2ccccc12)C(N)=O. The molecule has 174 valence electrons. The minimum atomic E-state index is -0.926. The Morgan fingerprint density at radius 1 is 1.03 bits per heavy atom. The molecule has 0 radical (unpaired) electrons. The van der Waals surface area contributed by atoms with Crippen molar-refractivity contribution in [3.8, 4) is 0 Å². The lowest BCUT2D eigenvalue weighted by Gasteiger charge is -2.25. The highest BCUT2D eigenvalue weighted by molar-refractivity contribution is 5.92. The van der Waals surface area contributed by atoms with Gasteiger partial charge in [0, 0.05) is 23.5 Å². The topological polar surface area (TPSA) is 126 Å². The van der Waals surface area contributed by atoms with Crippen LogP contribution in [0.5, 0.6) is 0 Å². The standard InChI is InChI=1S/C25H30N4O4/c1-3-16(2)22(29-25(32)33-15-17-9-5-4-6-10-17)24(31)28-21(23(26)30)13-18-14-27-20-12-8-7-11-19(18)20/h4-12,14,16,21-22,27H,3,13,15H2,1-2H3,(H2,26,30)(H,28,31)(H,29,32)/t16-,21+,22+/m1/s1. The fraction of sp³-hybridized carbons (Fsp3) is 0.320. The van der Waals surface area contributed by atoms with Gasteiger partial charge in [0.05, 0.1) is 0 Å². The summed E-state index contributed by atoms with van der Waals surface area (Å²) in [4.78, 5) is 40.7. The maximum atomic E-state index is 13.1. The molecular weight excluding hydrogens is 420 g/mol. The zero-order valence-electron chi connectivity index (χ0n) is 18.8. The number of amides is 3. The van der Waals surface area contributed by atoms with Crippen LogP contribution in [-0.4, -0.2) is 35.0 Å². The number of aromatic amines is 1. The van der Waals surface area contributed by atoms with Gasteiger partial charge in [-0.2, -0.15) is 0 Å². The van der Waals surface area contributed by atoms with E-state index >= 15 is 0 Å². The molecule has 3 atom stereocenters. The fourth-order valence-corrected chi connectivity index (χ4v) is 3.60. The molecule has 33 heavy (non-hydrogen) atoms. The molecule has 0 aliphatic heterocycles. The molecule has 2 aromatic carbocycles. The van der Waals surface area contributed by atoms with E-state index in [1.54, 1.807) is 6.20 Å². The number of alkyl carbamates (subject to hydrolysis) is 1. The Bertz CT molecular complexity index is 1100. The molecule has 1 heterocycles. The van der Waals surface area contributed by atoms with Crippen LogP contribution >= 0.6 is 0 Å². The molecule has 0 aliphatic carbocycles. The van der Waals surface area contributed by atoms with E-state index in [1.807, 2.05) is 68.4 Å². The number of hydrogen-bond donors (Lipinski definition) is 4. The van der Waals surface area contributed by atoms with Crippen LogP contribution in [0.3, 0.4) is 0 Å². The third-order valence-corrected chi connectivity index (χ3v) is 5.74. The Kier molecular flexibility index (Phi) is 8.07. The Morgan fingerprint density at radius 3 is 2.42 bits per heavy atom. The molecule has 0 spiro atoms. The Labute approximate surface area is 192 Å². The second-order valence-electron chi connectivity index (χ2n) is 8.10. The molecule has 0 unspecified atom stereocenters. The van der Waals surface area contributed by atoms with Crippen LogP contribution in [0.2, 0.25) is 0 Å². The lowest BCUT2D eigenvalue weighted by atomic mass is 9.97. The van der Waals surface area contributed by atoms with Crippen molar-refractivity contribution < 1.29 is 19.1 Å². The average molecular weight is 451 g/mol. The third kappa shape index (κ3) is 6.35. The van der Waals surface area contributed by atoms with Crippen molar-refractivity contribution in [1.29, 1.82) is 0 Å². The van der Waals surface area contributed by atoms with E-state index in [0.717, 1.165) is 22.0 Å². The maximum Gasteiger partial charge on any atom is 0.408 e. The first-order chi connectivity index (χ1) is 15.9. The van der Waals surface area contributed by atoms with Crippen LogP contribution in [0.1, 0.15) is 31.4 Å². The number of primary amides is 1. The number of H-pyrrole nitrogens is 1. The van der Waals surface area contributed by atoms with E-state index < -0.39 is 30.0 Å². The highest BCUT2D eigenvalue weighted by Crippen LogP contribution is 2.19. The quantitative estimate of drug-likeness (QED) is 0.379. The van der Waals surface area contributed by atoms with Gasteiger partial charge in [0.15, 0.2) is 0 Å². The number of ether oxygens (including phenoxy) is 1. The van der Waals surface area contributed by atoms with Crippen molar-refractivity contribution in [2.75, 3.05) is 0 Å². The van der Waals surface area contributed by atoms with E-state index in [9.17, 15) is 14.4 Å². The summed E-state index contributed by atoms with van der Waals surface area (Å²) in [6, 6.07) is 15.1. The van der Waals surface area contributed by atoms with Crippen LogP contribution in [0.15, 0.2) is 60.8 Å². The number of benzene rings is 2. The predicted molar refractivity (Wildman–Crippen MR) is 126 cm³/mol. The van der Waals surface area contributed by atoms with Gasteiger partial charge in [-0.25, -0.2) is 4.79 Å². The summed E-state index contributed by atoms with van der Waals surface area (Å²) >= 11 is 0. The smallest absolute Gasteiger partial charge is 0.408 e. The first-order valence-corrected chi connectivity index (χ1v) is 11.0. The van der Waals surface area contributed by atoms with Gasteiger partial charge in [-0.3, -0.25) is 9.59 Å². The van der Waals surface area contributed by atoms with Crippen LogP contribution in [-0.2, 0) is 27.4 Å². The predicted octanol–water partition coefficient (Wildman–Crippen LogP) is 3.02. The Morgan fingerprint density at radius 2 is 1.73 bits per heavy atom. The Hall–Kier alpha value is -3.81. The van der Waals surface area contributed by atoms with Crippen molar-refractivity contribution in [1.82, 2.24) is 15.6 Å². The number of nitrogens with two attached hydrogens (primary N) is 1. The highest BCUT2D eigenvalue weighted by atomic mass is 16.5. The number of nitrogens with one attached hydrogen (secondary N) is 3. The van der Waals surface area contributed by atoms with Gasteiger partial charge in [-0.1, -0.05) is 68.8 Å². The van der Waals surface area contributed by atoms with Gasteiger partial charge < -0.3 is 26.1 Å². The first-order valence-electron chi connectivity index (χ1n) is 11.0. The molecule has 3 amide bonds. The van der Waals surface area contributed by atoms with Gasteiger partial charge >= 0.3 is 6.09 Å². The Balaban J connectivity index is 1.66. The second-order valence-corrected chi connectivity index (χ2v) is 8.10. The fourth-order valence-electron chi connectivity index (χ4n) is 3.60. The number of hydrogen-bond acceptors (Lipinski definition) is 4. The number of carbonyl (C=O) groups is 3. The van der Waals surface area contributed by atoms with E-state index in [-0.39, 0.29) is 18.9 Å². The molecule has 0 saturated heterocycles. The number of carbonyl (C=O) groups excluding carboxylic acids is 3. The lowest BCUT2D eigenvalue weighted by molar-refractivity contribution is -0.129. The average Bonchev–Trinajstić information content (AvgIpc) is 3.23. The van der Waals surface area contributed by atoms with Gasteiger partial charge in [0.2, 0.25) is 11.8 Å². The van der Waals surface area contributed by atoms with E-state index in [4.69, 9.17) is 10.5 Å². The molecule has 3 rings (SSSR count). The maximum absolute atomic E-state index is 13.1. The van der Waals surface area contributed by atoms with E-state index in [2.05, 4.69) is 15.6 Å². The number of rotatable bonds is 10. The van der Waals surface area contributed by atoms with Gasteiger partial charge in [0.25, 0.3) is 0 Å². The molecule has 8 nitrogen and oxygen atoms in total. The normalized spacial score (nSPS) is 13.6. The monoisotopic (exact) mass is 450 g/mol. The summed E-state index contributed by atoms with van der Waals surface area (Å²) in [5.41, 5.74) is 8.23. The lowest BCUT2D eigenvalue weighted by Crippen LogP contribution is -2.55. The van der Waals surface area contributed by atoms with Crippen molar-refractivity contribution in [3.05, 3.63) is 71.9 Å². The first kappa shape index (κ1) is 23.8. The van der Waals surface area contributed by atoms with Crippen LogP contribution in [0.4, 0.5) is 4.79 Å². The molecule has 0 fully saturated rings. The molecule has 8 heteroatoms. The molecule has 0 bridgehead atoms. The molecular formula is C25H30N4O4. The van der Waals surface area contributed by atoms with Gasteiger partial charge in [-0.05, 0) is 23.1 Å². The number of fused-ring (bicyclic) bond motifs is 1. The summed E-state index contributed by atoms with van der Waals surface area (Å²) < 4.78 is 5.26. The summed E-state index contributed by atoms with van der Waals surface area (Å²) in [5, 5.41) is 6.31. The number of para-hydroxylation sites is 1. The van der Waals surface area contributed by atoms with Crippen molar-refractivity contribution in [3.63, 3.8) is 0 Å². The molecule has 0 saturated carbocycles. The molecule has 1 aromatic heterocycles. The summed E-state index contributed by atoms with van der Waals surface area (Å²) in [7, 11) is 0. The third-order valence-electron chi connectivity index (χ3n) is 5.74. The summed E-state index contributed by atoms with van der Waals surface area (Å²) in [6.07, 6.45) is 1.97. The second kappa shape index (κ2) is 11.2. The minimum absolute atomic E-state index is 0.0893. The van der Waals surface area contributed by atoms with Crippen LogP contribution in [0.25, 0.3) is 10.9 Å². The minimum Gasteiger partial charge on any atom is -0.445 e. The largest absolute Gasteiger partial charge is 0.445 e. The van der Waals surface area contributed by atoms with Gasteiger partial charge in [-0.15, -0.1) is 0 Å². The van der Waals surface area contributed by atoms with Crippen LogP contribution in [0, 0.1) is 5.92 Å². The highest BCUT2D eigenvalue weighted by Gasteiger charge is 2.30. The van der Waals surface area contributed by atoms with Gasteiger partial charge in [0.1, 0.15) is 18.7 Å². The van der Waals surface area contributed by atoms with E-state index in [1.165, 1.54) is 0 Å². The van der Waals surface area contributed by atoms with Crippen LogP contribution < -0.4 is 16.4 Å². The summed E-state index contributed by atoms with van der Waals surface area (Å²) in [6.45, 7) is 3.85. The van der Waals surface area contributed by atoms with Crippen molar-refractivity contribution >= 4 is 28.8 Å². The van der Waals surface area contributed by atoms with Crippen molar-refractivity contribution in [2.24, 2.45) is 11.7 Å².